The number of carbonyl (C=O) groups is 1. The number of halogens is 1. The van der Waals surface area contributed by atoms with Crippen molar-refractivity contribution in [3.63, 3.8) is 0 Å². The van der Waals surface area contributed by atoms with Crippen molar-refractivity contribution in [2.75, 3.05) is 5.75 Å². The molecular formula is C15H17ClN4OS. The molecule has 1 amide bonds. The van der Waals surface area contributed by atoms with Gasteiger partial charge in [0.15, 0.2) is 5.16 Å². The zero-order valence-electron chi connectivity index (χ0n) is 12.3. The second-order valence-electron chi connectivity index (χ2n) is 4.62. The molecule has 1 aromatic carbocycles. The standard InChI is InChI=1S/C15H17ClN4OS/c1-3-8-20-11(2)18-19-15(20)22-10-14(21)17-9-12-4-6-13(16)7-5-12/h3-7H,1,8-10H2,2H3,(H,17,21). The van der Waals surface area contributed by atoms with Gasteiger partial charge in [-0.3, -0.25) is 4.79 Å². The van der Waals surface area contributed by atoms with Crippen LogP contribution in [0.4, 0.5) is 0 Å². The highest BCUT2D eigenvalue weighted by Crippen LogP contribution is 2.16. The van der Waals surface area contributed by atoms with Gasteiger partial charge in [-0.15, -0.1) is 16.8 Å². The van der Waals surface area contributed by atoms with Gasteiger partial charge in [-0.05, 0) is 24.6 Å². The lowest BCUT2D eigenvalue weighted by molar-refractivity contribution is -0.118. The Bertz CT molecular complexity index is 654. The van der Waals surface area contributed by atoms with Gasteiger partial charge in [0, 0.05) is 18.1 Å². The molecule has 5 nitrogen and oxygen atoms in total. The molecule has 0 atom stereocenters. The van der Waals surface area contributed by atoms with E-state index in [-0.39, 0.29) is 5.91 Å². The summed E-state index contributed by atoms with van der Waals surface area (Å²) in [6, 6.07) is 7.39. The Morgan fingerprint density at radius 1 is 1.41 bits per heavy atom. The molecule has 1 N–H and O–H groups in total. The first kappa shape index (κ1) is 16.6. The van der Waals surface area contributed by atoms with Crippen LogP contribution in [0.2, 0.25) is 5.02 Å². The van der Waals surface area contributed by atoms with Crippen LogP contribution in [0.1, 0.15) is 11.4 Å². The lowest BCUT2D eigenvalue weighted by Gasteiger charge is -2.06. The second kappa shape index (κ2) is 8.00. The van der Waals surface area contributed by atoms with Crippen molar-refractivity contribution in [2.24, 2.45) is 0 Å². The van der Waals surface area contributed by atoms with Gasteiger partial charge in [0.1, 0.15) is 5.82 Å². The van der Waals surface area contributed by atoms with Gasteiger partial charge >= 0.3 is 0 Å². The van der Waals surface area contributed by atoms with Crippen LogP contribution >= 0.6 is 23.4 Å². The molecule has 0 aliphatic heterocycles. The number of hydrogen-bond donors (Lipinski definition) is 1. The van der Waals surface area contributed by atoms with Gasteiger partial charge in [0.25, 0.3) is 0 Å². The van der Waals surface area contributed by atoms with E-state index in [1.54, 1.807) is 18.2 Å². The number of amides is 1. The Morgan fingerprint density at radius 2 is 2.14 bits per heavy atom. The van der Waals surface area contributed by atoms with Crippen molar-refractivity contribution in [1.29, 1.82) is 0 Å². The fourth-order valence-electron chi connectivity index (χ4n) is 1.79. The van der Waals surface area contributed by atoms with Gasteiger partial charge < -0.3 is 9.88 Å². The number of allylic oxidation sites excluding steroid dienone is 1. The number of aryl methyl sites for hydroxylation is 1. The highest BCUT2D eigenvalue weighted by molar-refractivity contribution is 7.99. The molecular weight excluding hydrogens is 320 g/mol. The predicted octanol–water partition coefficient (Wildman–Crippen LogP) is 2.83. The highest BCUT2D eigenvalue weighted by atomic mass is 35.5. The molecule has 1 heterocycles. The Kier molecular flexibility index (Phi) is 6.03. The first-order chi connectivity index (χ1) is 10.6. The number of thioether (sulfide) groups is 1. The quantitative estimate of drug-likeness (QED) is 0.624. The second-order valence-corrected chi connectivity index (χ2v) is 6.00. The van der Waals surface area contributed by atoms with E-state index in [0.29, 0.717) is 23.9 Å². The minimum absolute atomic E-state index is 0.0502. The molecule has 116 valence electrons. The average molecular weight is 337 g/mol. The minimum atomic E-state index is -0.0502. The molecule has 7 heteroatoms. The van der Waals surface area contributed by atoms with E-state index in [4.69, 9.17) is 11.6 Å². The maximum atomic E-state index is 11.9. The number of benzene rings is 1. The van der Waals surface area contributed by atoms with Gasteiger partial charge in [-0.25, -0.2) is 0 Å². The molecule has 0 fully saturated rings. The lowest BCUT2D eigenvalue weighted by atomic mass is 10.2. The normalized spacial score (nSPS) is 10.5. The third-order valence-corrected chi connectivity index (χ3v) is 4.17. The molecule has 0 radical (unpaired) electrons. The first-order valence-electron chi connectivity index (χ1n) is 6.75. The summed E-state index contributed by atoms with van der Waals surface area (Å²) in [4.78, 5) is 11.9. The maximum Gasteiger partial charge on any atom is 0.230 e. The molecule has 2 aromatic rings. The van der Waals surface area contributed by atoms with Gasteiger partial charge in [0.2, 0.25) is 5.91 Å². The van der Waals surface area contributed by atoms with Crippen molar-refractivity contribution in [1.82, 2.24) is 20.1 Å². The summed E-state index contributed by atoms with van der Waals surface area (Å²) >= 11 is 7.18. The number of carbonyl (C=O) groups excluding carboxylic acids is 1. The Balaban J connectivity index is 1.82. The van der Waals surface area contributed by atoms with Crippen LogP contribution < -0.4 is 5.32 Å². The van der Waals surface area contributed by atoms with Gasteiger partial charge in [-0.1, -0.05) is 41.6 Å². The fourth-order valence-corrected chi connectivity index (χ4v) is 2.74. The van der Waals surface area contributed by atoms with E-state index in [0.717, 1.165) is 16.5 Å². The summed E-state index contributed by atoms with van der Waals surface area (Å²) < 4.78 is 1.92. The van der Waals surface area contributed by atoms with E-state index < -0.39 is 0 Å². The molecule has 0 aliphatic rings. The van der Waals surface area contributed by atoms with E-state index >= 15 is 0 Å². The first-order valence-corrected chi connectivity index (χ1v) is 8.11. The van der Waals surface area contributed by atoms with Gasteiger partial charge in [0.05, 0.1) is 5.75 Å². The number of nitrogens with one attached hydrogen (secondary N) is 1. The minimum Gasteiger partial charge on any atom is -0.351 e. The third-order valence-electron chi connectivity index (χ3n) is 2.95. The third kappa shape index (κ3) is 4.61. The Labute approximate surface area is 138 Å². The fraction of sp³-hybridized carbons (Fsp3) is 0.267. The molecule has 0 unspecified atom stereocenters. The van der Waals surface area contributed by atoms with Crippen LogP contribution in [0.25, 0.3) is 0 Å². The van der Waals surface area contributed by atoms with Crippen molar-refractivity contribution in [3.8, 4) is 0 Å². The van der Waals surface area contributed by atoms with Crippen molar-refractivity contribution >= 4 is 29.3 Å². The van der Waals surface area contributed by atoms with Crippen LogP contribution in [0.3, 0.4) is 0 Å². The number of rotatable bonds is 7. The van der Waals surface area contributed by atoms with Crippen molar-refractivity contribution in [2.45, 2.75) is 25.2 Å². The molecule has 22 heavy (non-hydrogen) atoms. The molecule has 0 bridgehead atoms. The average Bonchev–Trinajstić information content (AvgIpc) is 2.86. The van der Waals surface area contributed by atoms with E-state index in [9.17, 15) is 4.79 Å². The molecule has 1 aromatic heterocycles. The Hall–Kier alpha value is -1.79. The predicted molar refractivity (Wildman–Crippen MR) is 89.0 cm³/mol. The number of hydrogen-bond acceptors (Lipinski definition) is 4. The molecule has 0 aliphatic carbocycles. The van der Waals surface area contributed by atoms with Crippen LogP contribution in [-0.4, -0.2) is 26.4 Å². The molecule has 0 saturated carbocycles. The van der Waals surface area contributed by atoms with Crippen LogP contribution in [0.5, 0.6) is 0 Å². The van der Waals surface area contributed by atoms with Crippen LogP contribution in [-0.2, 0) is 17.9 Å². The zero-order chi connectivity index (χ0) is 15.9. The monoisotopic (exact) mass is 336 g/mol. The zero-order valence-corrected chi connectivity index (χ0v) is 13.8. The maximum absolute atomic E-state index is 11.9. The highest BCUT2D eigenvalue weighted by Gasteiger charge is 2.10. The molecule has 0 saturated heterocycles. The summed E-state index contributed by atoms with van der Waals surface area (Å²) in [5, 5.41) is 12.4. The van der Waals surface area contributed by atoms with E-state index in [2.05, 4.69) is 22.1 Å². The number of aromatic nitrogens is 3. The van der Waals surface area contributed by atoms with E-state index in [1.807, 2.05) is 23.6 Å². The van der Waals surface area contributed by atoms with E-state index in [1.165, 1.54) is 11.8 Å². The largest absolute Gasteiger partial charge is 0.351 e. The van der Waals surface area contributed by atoms with Crippen molar-refractivity contribution in [3.05, 3.63) is 53.3 Å². The van der Waals surface area contributed by atoms with Crippen LogP contribution in [0, 0.1) is 6.92 Å². The Morgan fingerprint density at radius 3 is 2.82 bits per heavy atom. The van der Waals surface area contributed by atoms with Gasteiger partial charge in [-0.2, -0.15) is 0 Å². The van der Waals surface area contributed by atoms with Crippen molar-refractivity contribution < 1.29 is 4.79 Å². The number of nitrogens with zero attached hydrogens (tertiary/aromatic N) is 3. The summed E-state index contributed by atoms with van der Waals surface area (Å²) in [6.07, 6.45) is 1.78. The van der Waals surface area contributed by atoms with Crippen LogP contribution in [0.15, 0.2) is 42.1 Å². The summed E-state index contributed by atoms with van der Waals surface area (Å²) in [5.74, 6) is 1.05. The SMILES string of the molecule is C=CCn1c(C)nnc1SCC(=O)NCc1ccc(Cl)cc1. The molecule has 0 spiro atoms. The summed E-state index contributed by atoms with van der Waals surface area (Å²) in [5.41, 5.74) is 1.01. The smallest absolute Gasteiger partial charge is 0.230 e. The lowest BCUT2D eigenvalue weighted by Crippen LogP contribution is -2.24. The topological polar surface area (TPSA) is 59.8 Å². The summed E-state index contributed by atoms with van der Waals surface area (Å²) in [7, 11) is 0. The molecule has 2 rings (SSSR count). The summed E-state index contributed by atoms with van der Waals surface area (Å²) in [6.45, 7) is 6.70.